The number of rotatable bonds is 3. The quantitative estimate of drug-likeness (QED) is 0.669. The van der Waals surface area contributed by atoms with Crippen LogP contribution in [0.25, 0.3) is 22.3 Å². The number of benzene rings is 2. The van der Waals surface area contributed by atoms with E-state index in [-0.39, 0.29) is 11.4 Å². The molecule has 28 heavy (non-hydrogen) atoms. The highest BCUT2D eigenvalue weighted by Gasteiger charge is 2.20. The molecule has 0 aliphatic rings. The number of fused-ring (bicyclic) bond motifs is 1. The first-order chi connectivity index (χ1) is 13.2. The van der Waals surface area contributed by atoms with E-state index in [9.17, 15) is 9.59 Å². The molecule has 3 rings (SSSR count). The highest BCUT2D eigenvalue weighted by Crippen LogP contribution is 2.36. The lowest BCUT2D eigenvalue weighted by Crippen LogP contribution is -2.27. The standard InChI is InChI=1S/C20H20ClN3O4/c1-20(2,3)28-19(26)23-15-10-16(27-4)13(21)9-12(15)17-22-14-8-6-5-7-11(14)18(25)24-17/h5-10H,1-4H3,(H,23,26)(H,22,24,25). The number of carbonyl (C=O) groups excluding carboxylic acids is 1. The van der Waals surface area contributed by atoms with Gasteiger partial charge in [-0.2, -0.15) is 0 Å². The van der Waals surface area contributed by atoms with Gasteiger partial charge in [-0.1, -0.05) is 23.7 Å². The van der Waals surface area contributed by atoms with Gasteiger partial charge in [-0.05, 0) is 39.0 Å². The average Bonchev–Trinajstić information content (AvgIpc) is 2.61. The number of nitrogens with one attached hydrogen (secondary N) is 2. The summed E-state index contributed by atoms with van der Waals surface area (Å²) in [5, 5.41) is 3.45. The maximum Gasteiger partial charge on any atom is 0.412 e. The number of ether oxygens (including phenoxy) is 2. The second kappa shape index (κ2) is 7.52. The molecule has 0 unspecified atom stereocenters. The number of H-pyrrole nitrogens is 1. The van der Waals surface area contributed by atoms with E-state index in [0.29, 0.717) is 32.9 Å². The van der Waals surface area contributed by atoms with Crippen LogP contribution >= 0.6 is 11.6 Å². The number of hydrogen-bond donors (Lipinski definition) is 2. The van der Waals surface area contributed by atoms with E-state index < -0.39 is 11.7 Å². The summed E-state index contributed by atoms with van der Waals surface area (Å²) in [6, 6.07) is 10.1. The molecule has 8 heteroatoms. The van der Waals surface area contributed by atoms with Crippen LogP contribution in [0.2, 0.25) is 5.02 Å². The second-order valence-corrected chi connectivity index (χ2v) is 7.50. The summed E-state index contributed by atoms with van der Waals surface area (Å²) in [5.74, 6) is 0.624. The monoisotopic (exact) mass is 401 g/mol. The van der Waals surface area contributed by atoms with Gasteiger partial charge < -0.3 is 14.5 Å². The zero-order chi connectivity index (χ0) is 20.5. The second-order valence-electron chi connectivity index (χ2n) is 7.09. The van der Waals surface area contributed by atoms with E-state index in [0.717, 1.165) is 0 Å². The Morgan fingerprint density at radius 2 is 1.93 bits per heavy atom. The summed E-state index contributed by atoms with van der Waals surface area (Å²) in [7, 11) is 1.47. The normalized spacial score (nSPS) is 11.3. The molecule has 0 fully saturated rings. The van der Waals surface area contributed by atoms with Gasteiger partial charge in [0, 0.05) is 11.6 Å². The molecule has 0 aliphatic heterocycles. The third kappa shape index (κ3) is 4.26. The van der Waals surface area contributed by atoms with Crippen LogP contribution < -0.4 is 15.6 Å². The van der Waals surface area contributed by atoms with E-state index in [2.05, 4.69) is 15.3 Å². The lowest BCUT2D eigenvalue weighted by Gasteiger charge is -2.21. The molecule has 1 heterocycles. The van der Waals surface area contributed by atoms with Crippen molar-refractivity contribution >= 4 is 34.3 Å². The summed E-state index contributed by atoms with van der Waals surface area (Å²) in [5.41, 5.74) is 0.330. The van der Waals surface area contributed by atoms with Crippen molar-refractivity contribution in [2.45, 2.75) is 26.4 Å². The first-order valence-electron chi connectivity index (χ1n) is 8.55. The molecule has 1 aromatic heterocycles. The van der Waals surface area contributed by atoms with Gasteiger partial charge in [0.25, 0.3) is 5.56 Å². The van der Waals surface area contributed by atoms with Gasteiger partial charge in [-0.25, -0.2) is 9.78 Å². The fraction of sp³-hybridized carbons (Fsp3) is 0.250. The largest absolute Gasteiger partial charge is 0.495 e. The van der Waals surface area contributed by atoms with E-state index in [4.69, 9.17) is 21.1 Å². The van der Waals surface area contributed by atoms with Crippen LogP contribution in [0.3, 0.4) is 0 Å². The minimum absolute atomic E-state index is 0.263. The molecule has 3 aromatic rings. The fourth-order valence-electron chi connectivity index (χ4n) is 2.64. The van der Waals surface area contributed by atoms with E-state index in [1.807, 2.05) is 0 Å². The van der Waals surface area contributed by atoms with Crippen molar-refractivity contribution in [3.05, 3.63) is 51.8 Å². The van der Waals surface area contributed by atoms with Gasteiger partial charge in [-0.3, -0.25) is 10.1 Å². The van der Waals surface area contributed by atoms with Crippen LogP contribution in [0.1, 0.15) is 20.8 Å². The number of methoxy groups -OCH3 is 1. The average molecular weight is 402 g/mol. The lowest BCUT2D eigenvalue weighted by molar-refractivity contribution is 0.0636. The van der Waals surface area contributed by atoms with Crippen LogP contribution in [0, 0.1) is 0 Å². The number of aromatic amines is 1. The Balaban J connectivity index is 2.13. The van der Waals surface area contributed by atoms with Crippen molar-refractivity contribution in [2.24, 2.45) is 0 Å². The molecule has 0 atom stereocenters. The van der Waals surface area contributed by atoms with Crippen LogP contribution in [0.4, 0.5) is 10.5 Å². The molecule has 2 N–H and O–H groups in total. The first-order valence-corrected chi connectivity index (χ1v) is 8.93. The predicted molar refractivity (Wildman–Crippen MR) is 109 cm³/mol. The van der Waals surface area contributed by atoms with Crippen molar-refractivity contribution < 1.29 is 14.3 Å². The van der Waals surface area contributed by atoms with Crippen LogP contribution in [-0.4, -0.2) is 28.8 Å². The highest BCUT2D eigenvalue weighted by atomic mass is 35.5. The minimum atomic E-state index is -0.670. The van der Waals surface area contributed by atoms with Gasteiger partial charge in [-0.15, -0.1) is 0 Å². The van der Waals surface area contributed by atoms with Gasteiger partial charge in [0.1, 0.15) is 17.2 Å². The van der Waals surface area contributed by atoms with Crippen molar-refractivity contribution in [3.63, 3.8) is 0 Å². The Hall–Kier alpha value is -3.06. The number of aromatic nitrogens is 2. The number of halogens is 1. The maximum atomic E-state index is 12.4. The molecule has 146 valence electrons. The third-order valence-electron chi connectivity index (χ3n) is 3.80. The van der Waals surface area contributed by atoms with Gasteiger partial charge >= 0.3 is 6.09 Å². The number of carbonyl (C=O) groups is 1. The summed E-state index contributed by atoms with van der Waals surface area (Å²) >= 11 is 6.26. The van der Waals surface area contributed by atoms with Crippen molar-refractivity contribution in [1.29, 1.82) is 0 Å². The van der Waals surface area contributed by atoms with Crippen molar-refractivity contribution in [1.82, 2.24) is 9.97 Å². The summed E-state index contributed by atoms with van der Waals surface area (Å²) < 4.78 is 10.6. The van der Waals surface area contributed by atoms with Crippen molar-refractivity contribution in [2.75, 3.05) is 12.4 Å². The molecule has 0 radical (unpaired) electrons. The Kier molecular flexibility index (Phi) is 5.29. The molecule has 7 nitrogen and oxygen atoms in total. The SMILES string of the molecule is COc1cc(NC(=O)OC(C)(C)C)c(-c2nc3ccccc3c(=O)[nH]2)cc1Cl. The molecule has 0 spiro atoms. The Bertz CT molecular complexity index is 1100. The summed E-state index contributed by atoms with van der Waals surface area (Å²) in [6.45, 7) is 5.29. The molecule has 0 saturated heterocycles. The Labute approximate surface area is 166 Å². The number of hydrogen-bond acceptors (Lipinski definition) is 5. The van der Waals surface area contributed by atoms with Gasteiger partial charge in [0.2, 0.25) is 0 Å². The maximum absolute atomic E-state index is 12.4. The predicted octanol–water partition coefficient (Wildman–Crippen LogP) is 4.60. The molecule has 0 saturated carbocycles. The topological polar surface area (TPSA) is 93.3 Å². The first kappa shape index (κ1) is 19.7. The molecule has 1 amide bonds. The van der Waals surface area contributed by atoms with Crippen LogP contribution in [0.5, 0.6) is 5.75 Å². The molecule has 2 aromatic carbocycles. The Morgan fingerprint density at radius 1 is 1.21 bits per heavy atom. The molecular formula is C20H20ClN3O4. The number of para-hydroxylation sites is 1. The van der Waals surface area contributed by atoms with Crippen LogP contribution in [-0.2, 0) is 4.74 Å². The molecular weight excluding hydrogens is 382 g/mol. The van der Waals surface area contributed by atoms with Gasteiger partial charge in [0.15, 0.2) is 0 Å². The number of nitrogens with zero attached hydrogens (tertiary/aromatic N) is 1. The molecule has 0 bridgehead atoms. The zero-order valence-electron chi connectivity index (χ0n) is 15.9. The fourth-order valence-corrected chi connectivity index (χ4v) is 2.88. The number of amides is 1. The smallest absolute Gasteiger partial charge is 0.412 e. The Morgan fingerprint density at radius 3 is 2.61 bits per heavy atom. The lowest BCUT2D eigenvalue weighted by atomic mass is 10.1. The van der Waals surface area contributed by atoms with E-state index in [1.165, 1.54) is 7.11 Å². The summed E-state index contributed by atoms with van der Waals surface area (Å²) in [6.07, 6.45) is -0.652. The minimum Gasteiger partial charge on any atom is -0.495 e. The summed E-state index contributed by atoms with van der Waals surface area (Å²) in [4.78, 5) is 31.9. The van der Waals surface area contributed by atoms with Gasteiger partial charge in [0.05, 0.1) is 28.7 Å². The highest BCUT2D eigenvalue weighted by molar-refractivity contribution is 6.32. The van der Waals surface area contributed by atoms with Crippen LogP contribution in [0.15, 0.2) is 41.2 Å². The molecule has 0 aliphatic carbocycles. The van der Waals surface area contributed by atoms with E-state index >= 15 is 0 Å². The number of anilines is 1. The van der Waals surface area contributed by atoms with E-state index in [1.54, 1.807) is 57.2 Å². The van der Waals surface area contributed by atoms with Crippen molar-refractivity contribution in [3.8, 4) is 17.1 Å². The zero-order valence-corrected chi connectivity index (χ0v) is 16.7. The third-order valence-corrected chi connectivity index (χ3v) is 4.09.